The predicted octanol–water partition coefficient (Wildman–Crippen LogP) is 2.41. The van der Waals surface area contributed by atoms with Crippen LogP contribution in [-0.4, -0.2) is 58.6 Å². The first-order chi connectivity index (χ1) is 12.1. The molecule has 1 aromatic carbocycles. The van der Waals surface area contributed by atoms with E-state index in [1.807, 2.05) is 42.2 Å². The first kappa shape index (κ1) is 17.0. The fourth-order valence-electron chi connectivity index (χ4n) is 3.15. The van der Waals surface area contributed by atoms with Crippen molar-refractivity contribution in [3.8, 4) is 11.3 Å². The molecule has 0 saturated carbocycles. The Kier molecular flexibility index (Phi) is 5.02. The zero-order valence-electron chi connectivity index (χ0n) is 14.5. The number of anilines is 1. The number of aromatic nitrogens is 2. The normalized spacial score (nSPS) is 17.0. The number of benzene rings is 1. The summed E-state index contributed by atoms with van der Waals surface area (Å²) < 4.78 is 0. The molecule has 1 saturated heterocycles. The minimum atomic E-state index is -0.177. The number of nitrogens with zero attached hydrogens (tertiary/aromatic N) is 3. The van der Waals surface area contributed by atoms with Crippen molar-refractivity contribution in [2.75, 3.05) is 32.0 Å². The van der Waals surface area contributed by atoms with Gasteiger partial charge in [-0.15, -0.1) is 0 Å². The average molecular weight is 341 g/mol. The quantitative estimate of drug-likeness (QED) is 0.876. The van der Waals surface area contributed by atoms with Crippen LogP contribution in [0.15, 0.2) is 36.5 Å². The molecule has 25 heavy (non-hydrogen) atoms. The molecule has 3 amide bonds. The van der Waals surface area contributed by atoms with Crippen LogP contribution >= 0.6 is 0 Å². The number of aromatic amines is 1. The summed E-state index contributed by atoms with van der Waals surface area (Å²) in [5, 5.41) is 9.76. The van der Waals surface area contributed by atoms with E-state index in [-0.39, 0.29) is 17.9 Å². The van der Waals surface area contributed by atoms with Gasteiger partial charge >= 0.3 is 6.03 Å². The number of carbonyl (C=O) groups is 2. The van der Waals surface area contributed by atoms with Crippen LogP contribution in [0.5, 0.6) is 0 Å². The van der Waals surface area contributed by atoms with E-state index in [9.17, 15) is 9.59 Å². The molecule has 0 spiro atoms. The van der Waals surface area contributed by atoms with Crippen molar-refractivity contribution in [2.24, 2.45) is 5.92 Å². The summed E-state index contributed by atoms with van der Waals surface area (Å²) in [6.07, 6.45) is 2.21. The summed E-state index contributed by atoms with van der Waals surface area (Å²) in [6.45, 7) is 3.99. The molecule has 7 nitrogen and oxygen atoms in total. The Balaban J connectivity index is 1.59. The maximum atomic E-state index is 12.4. The number of urea groups is 1. The van der Waals surface area contributed by atoms with Gasteiger partial charge in [-0.25, -0.2) is 4.79 Å². The van der Waals surface area contributed by atoms with Gasteiger partial charge < -0.3 is 15.1 Å². The summed E-state index contributed by atoms with van der Waals surface area (Å²) >= 11 is 0. The number of nitrogens with one attached hydrogen (secondary N) is 2. The highest BCUT2D eigenvalue weighted by atomic mass is 16.2. The Hall–Kier alpha value is -2.83. The lowest BCUT2D eigenvalue weighted by atomic mass is 10.1. The standard InChI is InChI=1S/C18H23N5O2/c1-3-23-12-13(9-17(23)24)11-22(2)18(25)20-15-6-4-5-14(10-15)16-7-8-19-21-16/h4-8,10,13H,3,9,11-12H2,1-2H3,(H,19,21)(H,20,25)/t13-/m0/s1. The predicted molar refractivity (Wildman–Crippen MR) is 96.0 cm³/mol. The highest BCUT2D eigenvalue weighted by molar-refractivity contribution is 5.90. The third-order valence-corrected chi connectivity index (χ3v) is 4.48. The lowest BCUT2D eigenvalue weighted by molar-refractivity contribution is -0.127. The molecule has 0 radical (unpaired) electrons. The first-order valence-electron chi connectivity index (χ1n) is 8.46. The number of likely N-dealkylation sites (tertiary alicyclic amines) is 1. The van der Waals surface area contributed by atoms with Crippen LogP contribution < -0.4 is 5.32 Å². The second-order valence-electron chi connectivity index (χ2n) is 6.36. The van der Waals surface area contributed by atoms with Gasteiger partial charge in [-0.1, -0.05) is 12.1 Å². The summed E-state index contributed by atoms with van der Waals surface area (Å²) in [5.74, 6) is 0.369. The van der Waals surface area contributed by atoms with Crippen molar-refractivity contribution in [1.82, 2.24) is 20.0 Å². The van der Waals surface area contributed by atoms with Crippen LogP contribution in [0.2, 0.25) is 0 Å². The van der Waals surface area contributed by atoms with E-state index in [1.165, 1.54) is 0 Å². The van der Waals surface area contributed by atoms with E-state index in [4.69, 9.17) is 0 Å². The van der Waals surface area contributed by atoms with Gasteiger partial charge in [-0.05, 0) is 25.1 Å². The van der Waals surface area contributed by atoms with Gasteiger partial charge in [0.2, 0.25) is 5.91 Å². The summed E-state index contributed by atoms with van der Waals surface area (Å²) in [4.78, 5) is 27.7. The maximum absolute atomic E-state index is 12.4. The molecule has 1 aliphatic heterocycles. The average Bonchev–Trinajstić information content (AvgIpc) is 3.24. The van der Waals surface area contributed by atoms with Gasteiger partial charge in [0, 0.05) is 56.5 Å². The number of rotatable bonds is 5. The van der Waals surface area contributed by atoms with Crippen molar-refractivity contribution >= 4 is 17.6 Å². The largest absolute Gasteiger partial charge is 0.343 e. The third-order valence-electron chi connectivity index (χ3n) is 4.48. The molecule has 132 valence electrons. The van der Waals surface area contributed by atoms with Crippen molar-refractivity contribution in [1.29, 1.82) is 0 Å². The van der Waals surface area contributed by atoms with Crippen LogP contribution in [0.25, 0.3) is 11.3 Å². The fourth-order valence-corrected chi connectivity index (χ4v) is 3.15. The lowest BCUT2D eigenvalue weighted by Crippen LogP contribution is -2.36. The molecule has 0 bridgehead atoms. The molecule has 1 atom stereocenters. The van der Waals surface area contributed by atoms with Crippen molar-refractivity contribution in [3.05, 3.63) is 36.5 Å². The topological polar surface area (TPSA) is 81.3 Å². The number of hydrogen-bond acceptors (Lipinski definition) is 3. The lowest BCUT2D eigenvalue weighted by Gasteiger charge is -2.22. The van der Waals surface area contributed by atoms with Crippen LogP contribution in [0, 0.1) is 5.92 Å². The Morgan fingerprint density at radius 3 is 2.96 bits per heavy atom. The first-order valence-corrected chi connectivity index (χ1v) is 8.46. The molecule has 1 aliphatic rings. The van der Waals surface area contributed by atoms with Gasteiger partial charge in [0.05, 0.1) is 5.69 Å². The molecular weight excluding hydrogens is 318 g/mol. The minimum absolute atomic E-state index is 0.175. The molecule has 1 fully saturated rings. The number of H-pyrrole nitrogens is 1. The fraction of sp³-hybridized carbons (Fsp3) is 0.389. The minimum Gasteiger partial charge on any atom is -0.343 e. The van der Waals surface area contributed by atoms with Gasteiger partial charge in [0.25, 0.3) is 0 Å². The van der Waals surface area contributed by atoms with Crippen LogP contribution in [-0.2, 0) is 4.79 Å². The number of hydrogen-bond donors (Lipinski definition) is 2. The molecule has 2 heterocycles. The van der Waals surface area contributed by atoms with Crippen LogP contribution in [0.4, 0.5) is 10.5 Å². The van der Waals surface area contributed by atoms with E-state index in [0.29, 0.717) is 13.0 Å². The second-order valence-corrected chi connectivity index (χ2v) is 6.36. The van der Waals surface area contributed by atoms with Gasteiger partial charge in [0.1, 0.15) is 0 Å². The van der Waals surface area contributed by atoms with Gasteiger partial charge in [-0.3, -0.25) is 9.89 Å². The van der Waals surface area contributed by atoms with Crippen molar-refractivity contribution in [3.63, 3.8) is 0 Å². The molecule has 0 unspecified atom stereocenters. The molecule has 3 rings (SSSR count). The number of carbonyl (C=O) groups excluding carboxylic acids is 2. The third kappa shape index (κ3) is 3.99. The molecule has 1 aromatic heterocycles. The summed E-state index contributed by atoms with van der Waals surface area (Å²) in [6, 6.07) is 9.30. The molecular formula is C18H23N5O2. The Morgan fingerprint density at radius 2 is 2.28 bits per heavy atom. The van der Waals surface area contributed by atoms with Gasteiger partial charge in [-0.2, -0.15) is 5.10 Å². The van der Waals surface area contributed by atoms with E-state index in [2.05, 4.69) is 15.5 Å². The monoisotopic (exact) mass is 341 g/mol. The molecule has 0 aliphatic carbocycles. The van der Waals surface area contributed by atoms with E-state index >= 15 is 0 Å². The zero-order valence-corrected chi connectivity index (χ0v) is 14.5. The molecule has 2 aromatic rings. The second kappa shape index (κ2) is 7.38. The maximum Gasteiger partial charge on any atom is 0.321 e. The van der Waals surface area contributed by atoms with E-state index in [0.717, 1.165) is 30.0 Å². The van der Waals surface area contributed by atoms with E-state index in [1.54, 1.807) is 18.1 Å². The van der Waals surface area contributed by atoms with Crippen LogP contribution in [0.1, 0.15) is 13.3 Å². The van der Waals surface area contributed by atoms with E-state index < -0.39 is 0 Å². The summed E-state index contributed by atoms with van der Waals surface area (Å²) in [7, 11) is 1.76. The molecule has 7 heteroatoms. The van der Waals surface area contributed by atoms with Crippen LogP contribution in [0.3, 0.4) is 0 Å². The number of amides is 3. The molecule has 2 N–H and O–H groups in total. The Labute approximate surface area is 147 Å². The SMILES string of the molecule is CCN1C[C@H](CN(C)C(=O)Nc2cccc(-c3ccn[nH]3)c2)CC1=O. The Morgan fingerprint density at radius 1 is 1.44 bits per heavy atom. The summed E-state index contributed by atoms with van der Waals surface area (Å²) in [5.41, 5.74) is 2.58. The van der Waals surface area contributed by atoms with Crippen molar-refractivity contribution < 1.29 is 9.59 Å². The van der Waals surface area contributed by atoms with Crippen molar-refractivity contribution in [2.45, 2.75) is 13.3 Å². The zero-order chi connectivity index (χ0) is 17.8. The smallest absolute Gasteiger partial charge is 0.321 e. The Bertz CT molecular complexity index is 744. The highest BCUT2D eigenvalue weighted by Crippen LogP contribution is 2.21. The highest BCUT2D eigenvalue weighted by Gasteiger charge is 2.29. The van der Waals surface area contributed by atoms with Gasteiger partial charge in [0.15, 0.2) is 0 Å².